The van der Waals surface area contributed by atoms with Gasteiger partial charge in [-0.25, -0.2) is 4.39 Å². The predicted octanol–water partition coefficient (Wildman–Crippen LogP) is 2.58. The van der Waals surface area contributed by atoms with Gasteiger partial charge in [-0.05, 0) is 31.7 Å². The predicted molar refractivity (Wildman–Crippen MR) is 76.4 cm³/mol. The molecule has 0 radical (unpaired) electrons. The zero-order chi connectivity index (χ0) is 15.6. The van der Waals surface area contributed by atoms with E-state index in [-0.39, 0.29) is 11.3 Å². The maximum Gasteiger partial charge on any atom is 0.295 e. The molecular weight excluding hydrogens is 277 g/mol. The second-order valence-electron chi connectivity index (χ2n) is 5.28. The van der Waals surface area contributed by atoms with Gasteiger partial charge in [0.05, 0.1) is 16.6 Å². The zero-order valence-electron chi connectivity index (χ0n) is 11.8. The minimum Gasteiger partial charge on any atom is -0.393 e. The molecule has 114 valence electrons. The Balaban J connectivity index is 2.30. The smallest absolute Gasteiger partial charge is 0.295 e. The second kappa shape index (κ2) is 6.07. The van der Waals surface area contributed by atoms with Crippen LogP contribution >= 0.6 is 0 Å². The maximum atomic E-state index is 13.5. The van der Waals surface area contributed by atoms with E-state index in [4.69, 9.17) is 5.73 Å². The molecule has 1 aromatic rings. The van der Waals surface area contributed by atoms with Crippen LogP contribution in [-0.4, -0.2) is 28.8 Å². The summed E-state index contributed by atoms with van der Waals surface area (Å²) in [6.07, 6.45) is 3.30. The third-order valence-electron chi connectivity index (χ3n) is 3.92. The SMILES string of the molecule is CCN(CC1CCC1)C(=O)c1cc(F)cc([N+](=O)[O-])c1N. The topological polar surface area (TPSA) is 89.5 Å². The Bertz CT molecular complexity index is 573. The Labute approximate surface area is 121 Å². The summed E-state index contributed by atoms with van der Waals surface area (Å²) in [4.78, 5) is 24.1. The quantitative estimate of drug-likeness (QED) is 0.513. The molecule has 0 spiro atoms. The van der Waals surface area contributed by atoms with Crippen LogP contribution in [0.3, 0.4) is 0 Å². The van der Waals surface area contributed by atoms with Crippen LogP contribution in [0.4, 0.5) is 15.8 Å². The molecule has 1 aliphatic carbocycles. The number of anilines is 1. The number of carbonyl (C=O) groups is 1. The van der Waals surface area contributed by atoms with Gasteiger partial charge in [0.25, 0.3) is 11.6 Å². The van der Waals surface area contributed by atoms with Gasteiger partial charge in [-0.2, -0.15) is 0 Å². The van der Waals surface area contributed by atoms with E-state index >= 15 is 0 Å². The number of nitrogens with zero attached hydrogens (tertiary/aromatic N) is 2. The lowest BCUT2D eigenvalue weighted by Gasteiger charge is -2.32. The molecule has 6 nitrogen and oxygen atoms in total. The van der Waals surface area contributed by atoms with Gasteiger partial charge in [0.2, 0.25) is 0 Å². The average Bonchev–Trinajstić information content (AvgIpc) is 2.39. The van der Waals surface area contributed by atoms with Crippen molar-refractivity contribution in [3.63, 3.8) is 0 Å². The number of benzene rings is 1. The van der Waals surface area contributed by atoms with Gasteiger partial charge >= 0.3 is 0 Å². The van der Waals surface area contributed by atoms with Crippen LogP contribution in [0.15, 0.2) is 12.1 Å². The fraction of sp³-hybridized carbons (Fsp3) is 0.500. The highest BCUT2D eigenvalue weighted by molar-refractivity contribution is 6.01. The summed E-state index contributed by atoms with van der Waals surface area (Å²) in [5, 5.41) is 10.9. The highest BCUT2D eigenvalue weighted by Crippen LogP contribution is 2.30. The molecule has 1 saturated carbocycles. The van der Waals surface area contributed by atoms with Gasteiger partial charge in [-0.3, -0.25) is 14.9 Å². The number of halogens is 1. The van der Waals surface area contributed by atoms with Crippen molar-refractivity contribution in [1.82, 2.24) is 4.90 Å². The highest BCUT2D eigenvalue weighted by atomic mass is 19.1. The van der Waals surface area contributed by atoms with Crippen molar-refractivity contribution in [1.29, 1.82) is 0 Å². The number of hydrogen-bond acceptors (Lipinski definition) is 4. The molecule has 1 amide bonds. The average molecular weight is 295 g/mol. The van der Waals surface area contributed by atoms with Crippen molar-refractivity contribution in [3.8, 4) is 0 Å². The van der Waals surface area contributed by atoms with Gasteiger partial charge in [-0.15, -0.1) is 0 Å². The van der Waals surface area contributed by atoms with Crippen LogP contribution < -0.4 is 5.73 Å². The molecule has 21 heavy (non-hydrogen) atoms. The molecule has 0 aromatic heterocycles. The summed E-state index contributed by atoms with van der Waals surface area (Å²) >= 11 is 0. The van der Waals surface area contributed by atoms with Crippen molar-refractivity contribution < 1.29 is 14.1 Å². The van der Waals surface area contributed by atoms with E-state index in [2.05, 4.69) is 0 Å². The Kier molecular flexibility index (Phi) is 4.40. The Morgan fingerprint density at radius 1 is 1.52 bits per heavy atom. The Hall–Kier alpha value is -2.18. The first kappa shape index (κ1) is 15.2. The number of nitro benzene ring substituents is 1. The molecule has 1 aromatic carbocycles. The van der Waals surface area contributed by atoms with E-state index in [9.17, 15) is 19.3 Å². The van der Waals surface area contributed by atoms with E-state index in [1.54, 1.807) is 4.90 Å². The standard InChI is InChI=1S/C14H18FN3O3/c1-2-17(8-9-4-3-5-9)14(19)11-6-10(15)7-12(13(11)16)18(20)21/h6-7,9H,2-5,8,16H2,1H3. The Morgan fingerprint density at radius 3 is 2.67 bits per heavy atom. The number of hydrogen-bond donors (Lipinski definition) is 1. The molecule has 0 saturated heterocycles. The number of nitrogens with two attached hydrogens (primary N) is 1. The van der Waals surface area contributed by atoms with Crippen molar-refractivity contribution >= 4 is 17.3 Å². The lowest BCUT2D eigenvalue weighted by molar-refractivity contribution is -0.384. The molecule has 0 bridgehead atoms. The number of nitrogen functional groups attached to an aromatic ring is 1. The van der Waals surface area contributed by atoms with Gasteiger partial charge in [0.15, 0.2) is 0 Å². The number of rotatable bonds is 5. The van der Waals surface area contributed by atoms with Crippen LogP contribution in [0.5, 0.6) is 0 Å². The summed E-state index contributed by atoms with van der Waals surface area (Å²) < 4.78 is 13.5. The third-order valence-corrected chi connectivity index (χ3v) is 3.92. The van der Waals surface area contributed by atoms with Crippen LogP contribution in [0.1, 0.15) is 36.5 Å². The molecule has 0 unspecified atom stereocenters. The van der Waals surface area contributed by atoms with Gasteiger partial charge in [0.1, 0.15) is 11.5 Å². The molecule has 2 N–H and O–H groups in total. The zero-order valence-corrected chi connectivity index (χ0v) is 11.8. The van der Waals surface area contributed by atoms with Crippen LogP contribution in [0.25, 0.3) is 0 Å². The first-order valence-corrected chi connectivity index (χ1v) is 6.96. The first-order chi connectivity index (χ1) is 9.93. The van der Waals surface area contributed by atoms with Crippen molar-refractivity contribution in [2.24, 2.45) is 5.92 Å². The fourth-order valence-corrected chi connectivity index (χ4v) is 2.44. The van der Waals surface area contributed by atoms with Crippen LogP contribution in [-0.2, 0) is 0 Å². The summed E-state index contributed by atoms with van der Waals surface area (Å²) in [6.45, 7) is 2.86. The van der Waals surface area contributed by atoms with E-state index in [1.165, 1.54) is 0 Å². The minimum absolute atomic E-state index is 0.136. The Morgan fingerprint density at radius 2 is 2.19 bits per heavy atom. The molecule has 1 fully saturated rings. The van der Waals surface area contributed by atoms with Crippen molar-refractivity contribution in [2.75, 3.05) is 18.8 Å². The van der Waals surface area contributed by atoms with Gasteiger partial charge in [0, 0.05) is 13.1 Å². The molecule has 2 rings (SSSR count). The largest absolute Gasteiger partial charge is 0.393 e. The molecule has 0 aliphatic heterocycles. The van der Waals surface area contributed by atoms with E-state index < -0.39 is 22.3 Å². The molecule has 0 heterocycles. The van der Waals surface area contributed by atoms with Crippen molar-refractivity contribution in [3.05, 3.63) is 33.6 Å². The molecule has 7 heteroatoms. The van der Waals surface area contributed by atoms with E-state index in [0.717, 1.165) is 31.4 Å². The van der Waals surface area contributed by atoms with Crippen LogP contribution in [0.2, 0.25) is 0 Å². The summed E-state index contributed by atoms with van der Waals surface area (Å²) in [5.74, 6) is -0.831. The second-order valence-corrected chi connectivity index (χ2v) is 5.28. The fourth-order valence-electron chi connectivity index (χ4n) is 2.44. The van der Waals surface area contributed by atoms with E-state index in [1.807, 2.05) is 6.92 Å². The first-order valence-electron chi connectivity index (χ1n) is 6.96. The molecular formula is C14H18FN3O3. The van der Waals surface area contributed by atoms with Gasteiger partial charge < -0.3 is 10.6 Å². The summed E-state index contributed by atoms with van der Waals surface area (Å²) in [7, 11) is 0. The number of amides is 1. The number of nitro groups is 1. The van der Waals surface area contributed by atoms with Gasteiger partial charge in [-0.1, -0.05) is 6.42 Å². The minimum atomic E-state index is -0.834. The summed E-state index contributed by atoms with van der Waals surface area (Å²) in [6, 6.07) is 1.70. The van der Waals surface area contributed by atoms with E-state index in [0.29, 0.717) is 19.0 Å². The molecule has 1 aliphatic rings. The lowest BCUT2D eigenvalue weighted by Crippen LogP contribution is -2.37. The van der Waals surface area contributed by atoms with Crippen LogP contribution in [0, 0.1) is 21.8 Å². The summed E-state index contributed by atoms with van der Waals surface area (Å²) in [5.41, 5.74) is 4.68. The maximum absolute atomic E-state index is 13.5. The normalized spacial score (nSPS) is 14.6. The third kappa shape index (κ3) is 3.12. The monoisotopic (exact) mass is 295 g/mol. The molecule has 0 atom stereocenters. The number of carbonyl (C=O) groups excluding carboxylic acids is 1. The van der Waals surface area contributed by atoms with Crippen molar-refractivity contribution in [2.45, 2.75) is 26.2 Å². The lowest BCUT2D eigenvalue weighted by atomic mass is 9.85. The highest BCUT2D eigenvalue weighted by Gasteiger charge is 2.27.